The highest BCUT2D eigenvalue weighted by molar-refractivity contribution is 9.10. The first-order chi connectivity index (χ1) is 9.03. The van der Waals surface area contributed by atoms with Crippen molar-refractivity contribution >= 4 is 27.8 Å². The third kappa shape index (κ3) is 2.06. The van der Waals surface area contributed by atoms with Gasteiger partial charge in [0.2, 0.25) is 5.91 Å². The van der Waals surface area contributed by atoms with Crippen LogP contribution in [0.1, 0.15) is 36.4 Å². The SMILES string of the molecule is O=C(O)C1(C(=O)NC2CCc3cc(Br)ccc32)CC1. The Morgan fingerprint density at radius 3 is 2.74 bits per heavy atom. The summed E-state index contributed by atoms with van der Waals surface area (Å²) in [5.74, 6) is -1.33. The number of carbonyl (C=O) groups is 2. The van der Waals surface area contributed by atoms with Crippen LogP contribution in [-0.4, -0.2) is 17.0 Å². The van der Waals surface area contributed by atoms with Gasteiger partial charge >= 0.3 is 5.97 Å². The number of benzene rings is 1. The normalized spacial score (nSPS) is 22.7. The number of aliphatic carboxylic acids is 1. The minimum Gasteiger partial charge on any atom is -0.480 e. The fourth-order valence-corrected chi connectivity index (χ4v) is 3.10. The van der Waals surface area contributed by atoms with Crippen molar-refractivity contribution in [3.63, 3.8) is 0 Å². The monoisotopic (exact) mass is 323 g/mol. The van der Waals surface area contributed by atoms with Crippen LogP contribution < -0.4 is 5.32 Å². The van der Waals surface area contributed by atoms with E-state index in [1.807, 2.05) is 12.1 Å². The van der Waals surface area contributed by atoms with Crippen molar-refractivity contribution < 1.29 is 14.7 Å². The summed E-state index contributed by atoms with van der Waals surface area (Å²) in [6.07, 6.45) is 2.66. The number of nitrogens with one attached hydrogen (secondary N) is 1. The number of hydrogen-bond donors (Lipinski definition) is 2. The van der Waals surface area contributed by atoms with E-state index in [4.69, 9.17) is 5.11 Å². The van der Waals surface area contributed by atoms with Crippen LogP contribution in [0.5, 0.6) is 0 Å². The smallest absolute Gasteiger partial charge is 0.319 e. The van der Waals surface area contributed by atoms with E-state index in [9.17, 15) is 9.59 Å². The maximum atomic E-state index is 12.1. The molecule has 1 aromatic rings. The number of carboxylic acids is 1. The number of rotatable bonds is 3. The lowest BCUT2D eigenvalue weighted by Gasteiger charge is -2.17. The second-order valence-electron chi connectivity index (χ2n) is 5.30. The van der Waals surface area contributed by atoms with E-state index >= 15 is 0 Å². The van der Waals surface area contributed by atoms with Gasteiger partial charge in [-0.2, -0.15) is 0 Å². The number of amides is 1. The van der Waals surface area contributed by atoms with E-state index in [2.05, 4.69) is 27.3 Å². The van der Waals surface area contributed by atoms with Crippen molar-refractivity contribution in [1.82, 2.24) is 5.32 Å². The Morgan fingerprint density at radius 1 is 1.37 bits per heavy atom. The first-order valence-electron chi connectivity index (χ1n) is 6.36. The van der Waals surface area contributed by atoms with Crippen LogP contribution in [-0.2, 0) is 16.0 Å². The van der Waals surface area contributed by atoms with Gasteiger partial charge in [0.15, 0.2) is 0 Å². The zero-order chi connectivity index (χ0) is 13.6. The Bertz CT molecular complexity index is 566. The molecule has 0 spiro atoms. The average molecular weight is 324 g/mol. The second-order valence-corrected chi connectivity index (χ2v) is 6.21. The summed E-state index contributed by atoms with van der Waals surface area (Å²) in [6.45, 7) is 0. The quantitative estimate of drug-likeness (QED) is 0.839. The van der Waals surface area contributed by atoms with Gasteiger partial charge in [-0.1, -0.05) is 22.0 Å². The summed E-state index contributed by atoms with van der Waals surface area (Å²) in [4.78, 5) is 23.2. The molecule has 0 aromatic heterocycles. The molecule has 3 rings (SSSR count). The van der Waals surface area contributed by atoms with E-state index in [0.29, 0.717) is 12.8 Å². The number of carbonyl (C=O) groups excluding carboxylic acids is 1. The molecule has 100 valence electrons. The van der Waals surface area contributed by atoms with Crippen LogP contribution in [0.25, 0.3) is 0 Å². The van der Waals surface area contributed by atoms with Crippen LogP contribution in [0.4, 0.5) is 0 Å². The van der Waals surface area contributed by atoms with Crippen molar-refractivity contribution in [3.05, 3.63) is 33.8 Å². The predicted octanol–water partition coefficient (Wildman–Crippen LogP) is 2.42. The molecule has 2 aliphatic carbocycles. The maximum absolute atomic E-state index is 12.1. The molecular weight excluding hydrogens is 310 g/mol. The Morgan fingerprint density at radius 2 is 2.11 bits per heavy atom. The summed E-state index contributed by atoms with van der Waals surface area (Å²) >= 11 is 3.43. The van der Waals surface area contributed by atoms with Crippen LogP contribution in [0.2, 0.25) is 0 Å². The molecule has 1 unspecified atom stereocenters. The fraction of sp³-hybridized carbons (Fsp3) is 0.429. The van der Waals surface area contributed by atoms with Gasteiger partial charge in [0, 0.05) is 4.47 Å². The molecule has 1 amide bonds. The van der Waals surface area contributed by atoms with Crippen LogP contribution in [0, 0.1) is 5.41 Å². The molecule has 1 fully saturated rings. The molecule has 1 saturated carbocycles. The van der Waals surface area contributed by atoms with Gasteiger partial charge in [-0.15, -0.1) is 0 Å². The molecule has 0 aliphatic heterocycles. The summed E-state index contributed by atoms with van der Waals surface area (Å²) in [5, 5.41) is 12.0. The number of halogens is 1. The van der Waals surface area contributed by atoms with E-state index in [1.54, 1.807) is 0 Å². The highest BCUT2D eigenvalue weighted by Gasteiger charge is 2.57. The standard InChI is InChI=1S/C14H14BrNO3/c15-9-2-3-10-8(7-9)1-4-11(10)16-12(17)14(5-6-14)13(18)19/h2-3,7,11H,1,4-6H2,(H,16,17)(H,18,19). The summed E-state index contributed by atoms with van der Waals surface area (Å²) < 4.78 is 1.03. The topological polar surface area (TPSA) is 66.4 Å². The lowest BCUT2D eigenvalue weighted by atomic mass is 10.0. The van der Waals surface area contributed by atoms with Crippen molar-refractivity contribution in [2.24, 2.45) is 5.41 Å². The van der Waals surface area contributed by atoms with Crippen molar-refractivity contribution in [2.75, 3.05) is 0 Å². The minimum absolute atomic E-state index is 0.0487. The Kier molecular flexibility index (Phi) is 2.89. The fourth-order valence-electron chi connectivity index (χ4n) is 2.70. The Labute approximate surface area is 119 Å². The zero-order valence-corrected chi connectivity index (χ0v) is 11.9. The lowest BCUT2D eigenvalue weighted by Crippen LogP contribution is -2.38. The highest BCUT2D eigenvalue weighted by Crippen LogP contribution is 2.47. The van der Waals surface area contributed by atoms with Crippen molar-refractivity contribution in [2.45, 2.75) is 31.7 Å². The third-order valence-corrected chi connectivity index (χ3v) is 4.58. The van der Waals surface area contributed by atoms with Crippen LogP contribution in [0.3, 0.4) is 0 Å². The van der Waals surface area contributed by atoms with Gasteiger partial charge in [0.05, 0.1) is 6.04 Å². The molecule has 1 aromatic carbocycles. The van der Waals surface area contributed by atoms with E-state index in [0.717, 1.165) is 22.9 Å². The first kappa shape index (κ1) is 12.7. The summed E-state index contributed by atoms with van der Waals surface area (Å²) in [5.41, 5.74) is 1.18. The first-order valence-corrected chi connectivity index (χ1v) is 7.15. The Balaban J connectivity index is 1.77. The minimum atomic E-state index is -1.15. The van der Waals surface area contributed by atoms with E-state index < -0.39 is 11.4 Å². The second kappa shape index (κ2) is 4.34. The van der Waals surface area contributed by atoms with E-state index in [1.165, 1.54) is 5.56 Å². The number of fused-ring (bicyclic) bond motifs is 1. The Hall–Kier alpha value is -1.36. The van der Waals surface area contributed by atoms with Gasteiger partial charge in [-0.3, -0.25) is 9.59 Å². The zero-order valence-electron chi connectivity index (χ0n) is 10.3. The third-order valence-electron chi connectivity index (χ3n) is 4.08. The van der Waals surface area contributed by atoms with Gasteiger partial charge in [-0.05, 0) is 48.9 Å². The average Bonchev–Trinajstić information content (AvgIpc) is 3.09. The molecule has 0 heterocycles. The molecule has 4 nitrogen and oxygen atoms in total. The molecule has 0 saturated heterocycles. The highest BCUT2D eigenvalue weighted by atomic mass is 79.9. The van der Waals surface area contributed by atoms with E-state index in [-0.39, 0.29) is 11.9 Å². The van der Waals surface area contributed by atoms with Crippen LogP contribution >= 0.6 is 15.9 Å². The molecule has 2 aliphatic rings. The lowest BCUT2D eigenvalue weighted by molar-refractivity contribution is -0.149. The predicted molar refractivity (Wildman–Crippen MR) is 72.6 cm³/mol. The van der Waals surface area contributed by atoms with Crippen LogP contribution in [0.15, 0.2) is 22.7 Å². The molecule has 0 radical (unpaired) electrons. The van der Waals surface area contributed by atoms with Crippen molar-refractivity contribution in [1.29, 1.82) is 0 Å². The largest absolute Gasteiger partial charge is 0.480 e. The summed E-state index contributed by atoms with van der Waals surface area (Å²) in [7, 11) is 0. The van der Waals surface area contributed by atoms with Crippen molar-refractivity contribution in [3.8, 4) is 0 Å². The molecule has 2 N–H and O–H groups in total. The van der Waals surface area contributed by atoms with Gasteiger partial charge < -0.3 is 10.4 Å². The maximum Gasteiger partial charge on any atom is 0.319 e. The van der Waals surface area contributed by atoms with Gasteiger partial charge in [-0.25, -0.2) is 0 Å². The molecule has 0 bridgehead atoms. The number of hydrogen-bond acceptors (Lipinski definition) is 2. The summed E-state index contributed by atoms with van der Waals surface area (Å²) in [6, 6.07) is 5.96. The molecular formula is C14H14BrNO3. The molecule has 19 heavy (non-hydrogen) atoms. The number of carboxylic acid groups (broad SMARTS) is 1. The molecule has 5 heteroatoms. The van der Waals surface area contributed by atoms with Gasteiger partial charge in [0.25, 0.3) is 0 Å². The number of aryl methyl sites for hydroxylation is 1. The van der Waals surface area contributed by atoms with Gasteiger partial charge in [0.1, 0.15) is 5.41 Å². The molecule has 1 atom stereocenters.